The molecule has 3 aromatic heterocycles. The number of pyridine rings is 1. The number of hydrogen-bond donors (Lipinski definition) is 0. The van der Waals surface area contributed by atoms with E-state index in [1.807, 2.05) is 6.07 Å². The van der Waals surface area contributed by atoms with Gasteiger partial charge in [0.05, 0.1) is 27.9 Å². The molecule has 0 saturated heterocycles. The zero-order valence-electron chi connectivity index (χ0n) is 11.3. The van der Waals surface area contributed by atoms with Crippen LogP contribution in [0.3, 0.4) is 0 Å². The van der Waals surface area contributed by atoms with Gasteiger partial charge in [0.25, 0.3) is 0 Å². The molecule has 0 aliphatic heterocycles. The molecule has 0 fully saturated rings. The fourth-order valence-corrected chi connectivity index (χ4v) is 2.37. The Kier molecular flexibility index (Phi) is 3.79. The molecule has 3 rings (SSSR count). The van der Waals surface area contributed by atoms with Crippen LogP contribution >= 0.6 is 11.3 Å². The third kappa shape index (κ3) is 3.00. The highest BCUT2D eigenvalue weighted by Gasteiger charge is 2.14. The SMILES string of the molecule is Cc1nc(-c2ccco2)ccc1C(=O)OCc1cncs1. The minimum atomic E-state index is -0.389. The van der Waals surface area contributed by atoms with Crippen molar-refractivity contribution in [2.45, 2.75) is 13.5 Å². The average Bonchev–Trinajstić information content (AvgIpc) is 3.18. The lowest BCUT2D eigenvalue weighted by molar-refractivity contribution is 0.0475. The predicted octanol–water partition coefficient (Wildman–Crippen LogP) is 3.46. The molecule has 0 radical (unpaired) electrons. The zero-order chi connectivity index (χ0) is 14.7. The summed E-state index contributed by atoms with van der Waals surface area (Å²) in [7, 11) is 0. The smallest absolute Gasteiger partial charge is 0.340 e. The zero-order valence-corrected chi connectivity index (χ0v) is 12.1. The van der Waals surface area contributed by atoms with Crippen LogP contribution in [-0.2, 0) is 11.3 Å². The van der Waals surface area contributed by atoms with Gasteiger partial charge in [-0.25, -0.2) is 9.78 Å². The Labute approximate surface area is 125 Å². The molecule has 0 amide bonds. The van der Waals surface area contributed by atoms with E-state index in [0.29, 0.717) is 22.7 Å². The van der Waals surface area contributed by atoms with E-state index in [-0.39, 0.29) is 12.6 Å². The maximum absolute atomic E-state index is 12.1. The maximum Gasteiger partial charge on any atom is 0.340 e. The molecule has 0 unspecified atom stereocenters. The first-order valence-corrected chi connectivity index (χ1v) is 7.18. The number of carbonyl (C=O) groups excluding carboxylic acids is 1. The fourth-order valence-electron chi connectivity index (χ4n) is 1.87. The van der Waals surface area contributed by atoms with Gasteiger partial charge in [0.1, 0.15) is 12.3 Å². The van der Waals surface area contributed by atoms with Crippen LogP contribution in [0.4, 0.5) is 0 Å². The third-order valence-corrected chi connectivity index (χ3v) is 3.66. The quantitative estimate of drug-likeness (QED) is 0.690. The summed E-state index contributed by atoms with van der Waals surface area (Å²) < 4.78 is 10.5. The van der Waals surface area contributed by atoms with Gasteiger partial charge in [-0.3, -0.25) is 4.98 Å². The van der Waals surface area contributed by atoms with Crippen molar-refractivity contribution in [3.05, 3.63) is 58.4 Å². The van der Waals surface area contributed by atoms with Gasteiger partial charge in [0.15, 0.2) is 5.76 Å². The van der Waals surface area contributed by atoms with Gasteiger partial charge in [-0.1, -0.05) is 0 Å². The van der Waals surface area contributed by atoms with E-state index in [2.05, 4.69) is 9.97 Å². The van der Waals surface area contributed by atoms with Crippen LogP contribution in [0.2, 0.25) is 0 Å². The summed E-state index contributed by atoms with van der Waals surface area (Å²) in [6.07, 6.45) is 3.27. The molecule has 6 heteroatoms. The summed E-state index contributed by atoms with van der Waals surface area (Å²) in [6, 6.07) is 7.07. The van der Waals surface area contributed by atoms with Crippen molar-refractivity contribution < 1.29 is 13.9 Å². The molecule has 106 valence electrons. The highest BCUT2D eigenvalue weighted by Crippen LogP contribution is 2.20. The van der Waals surface area contributed by atoms with Crippen molar-refractivity contribution in [2.75, 3.05) is 0 Å². The molecule has 0 aromatic carbocycles. The summed E-state index contributed by atoms with van der Waals surface area (Å²) in [4.78, 5) is 21.3. The van der Waals surface area contributed by atoms with Crippen LogP contribution in [0.15, 0.2) is 46.7 Å². The average molecular weight is 300 g/mol. The topological polar surface area (TPSA) is 65.2 Å². The number of rotatable bonds is 4. The molecular weight excluding hydrogens is 288 g/mol. The van der Waals surface area contributed by atoms with E-state index < -0.39 is 0 Å². The van der Waals surface area contributed by atoms with Gasteiger partial charge in [-0.05, 0) is 31.2 Å². The molecule has 0 saturated carbocycles. The van der Waals surface area contributed by atoms with Crippen molar-refractivity contribution in [1.82, 2.24) is 9.97 Å². The first kappa shape index (κ1) is 13.5. The van der Waals surface area contributed by atoms with Crippen molar-refractivity contribution in [1.29, 1.82) is 0 Å². The minimum Gasteiger partial charge on any atom is -0.463 e. The second-order valence-corrected chi connectivity index (χ2v) is 5.32. The molecule has 0 bridgehead atoms. The van der Waals surface area contributed by atoms with Gasteiger partial charge in [0.2, 0.25) is 0 Å². The lowest BCUT2D eigenvalue weighted by Crippen LogP contribution is -2.08. The fraction of sp³-hybridized carbons (Fsp3) is 0.133. The van der Waals surface area contributed by atoms with E-state index in [1.54, 1.807) is 43.1 Å². The number of aryl methyl sites for hydroxylation is 1. The van der Waals surface area contributed by atoms with Crippen LogP contribution in [0.1, 0.15) is 20.9 Å². The van der Waals surface area contributed by atoms with Gasteiger partial charge in [0, 0.05) is 6.20 Å². The van der Waals surface area contributed by atoms with Crippen LogP contribution in [-0.4, -0.2) is 15.9 Å². The first-order valence-electron chi connectivity index (χ1n) is 6.30. The summed E-state index contributed by atoms with van der Waals surface area (Å²) in [5.41, 5.74) is 3.46. The van der Waals surface area contributed by atoms with Crippen LogP contribution < -0.4 is 0 Å². The van der Waals surface area contributed by atoms with Gasteiger partial charge < -0.3 is 9.15 Å². The predicted molar refractivity (Wildman–Crippen MR) is 77.9 cm³/mol. The highest BCUT2D eigenvalue weighted by molar-refractivity contribution is 7.09. The second kappa shape index (κ2) is 5.88. The summed E-state index contributed by atoms with van der Waals surface area (Å²) in [6.45, 7) is 2.00. The number of thiazole rings is 1. The number of hydrogen-bond acceptors (Lipinski definition) is 6. The number of esters is 1. The summed E-state index contributed by atoms with van der Waals surface area (Å²) >= 11 is 1.45. The molecule has 0 aliphatic carbocycles. The standard InChI is InChI=1S/C15H12N2O3S/c1-10-12(15(18)20-8-11-7-16-9-21-11)4-5-13(17-10)14-3-2-6-19-14/h2-7,9H,8H2,1H3. The van der Waals surface area contributed by atoms with Crippen LogP contribution in [0.25, 0.3) is 11.5 Å². The Morgan fingerprint density at radius 2 is 2.29 bits per heavy atom. The van der Waals surface area contributed by atoms with Gasteiger partial charge in [-0.15, -0.1) is 11.3 Å². The van der Waals surface area contributed by atoms with E-state index in [9.17, 15) is 4.79 Å². The minimum absolute atomic E-state index is 0.225. The lowest BCUT2D eigenvalue weighted by atomic mass is 10.1. The largest absolute Gasteiger partial charge is 0.463 e. The van der Waals surface area contributed by atoms with Crippen molar-refractivity contribution in [3.8, 4) is 11.5 Å². The first-order chi connectivity index (χ1) is 10.2. The lowest BCUT2D eigenvalue weighted by Gasteiger charge is -2.06. The number of carbonyl (C=O) groups is 1. The molecule has 0 spiro atoms. The van der Waals surface area contributed by atoms with Gasteiger partial charge >= 0.3 is 5.97 Å². The maximum atomic E-state index is 12.1. The molecule has 21 heavy (non-hydrogen) atoms. The molecule has 0 N–H and O–H groups in total. The number of furan rings is 1. The van der Waals surface area contributed by atoms with Gasteiger partial charge in [-0.2, -0.15) is 0 Å². The second-order valence-electron chi connectivity index (χ2n) is 4.35. The number of ether oxygens (including phenoxy) is 1. The third-order valence-electron chi connectivity index (χ3n) is 2.91. The van der Waals surface area contributed by atoms with Crippen molar-refractivity contribution in [3.63, 3.8) is 0 Å². The Hall–Kier alpha value is -2.47. The summed E-state index contributed by atoms with van der Waals surface area (Å²) in [5.74, 6) is 0.280. The van der Waals surface area contributed by atoms with Crippen LogP contribution in [0.5, 0.6) is 0 Å². The molecule has 0 aliphatic rings. The van der Waals surface area contributed by atoms with E-state index in [1.165, 1.54) is 11.3 Å². The number of nitrogens with zero attached hydrogens (tertiary/aromatic N) is 2. The molecule has 3 aromatic rings. The molecule has 3 heterocycles. The molecule has 5 nitrogen and oxygen atoms in total. The Bertz CT molecular complexity index is 736. The van der Waals surface area contributed by atoms with Crippen LogP contribution in [0, 0.1) is 6.92 Å². The molecular formula is C15H12N2O3S. The highest BCUT2D eigenvalue weighted by atomic mass is 32.1. The van der Waals surface area contributed by atoms with E-state index in [0.717, 1.165) is 4.88 Å². The summed E-state index contributed by atoms with van der Waals surface area (Å²) in [5, 5.41) is 0. The van der Waals surface area contributed by atoms with Crippen molar-refractivity contribution >= 4 is 17.3 Å². The molecule has 0 atom stereocenters. The number of aromatic nitrogens is 2. The van der Waals surface area contributed by atoms with Crippen molar-refractivity contribution in [2.24, 2.45) is 0 Å². The normalized spacial score (nSPS) is 10.5. The Balaban J connectivity index is 1.74. The monoisotopic (exact) mass is 300 g/mol. The van der Waals surface area contributed by atoms with E-state index in [4.69, 9.17) is 9.15 Å². The Morgan fingerprint density at radius 3 is 2.95 bits per heavy atom. The Morgan fingerprint density at radius 1 is 1.38 bits per heavy atom. The van der Waals surface area contributed by atoms with E-state index >= 15 is 0 Å².